The van der Waals surface area contributed by atoms with Gasteiger partial charge in [-0.2, -0.15) is 0 Å². The second-order valence-corrected chi connectivity index (χ2v) is 11.6. The van der Waals surface area contributed by atoms with Crippen LogP contribution >= 0.6 is 0 Å². The minimum atomic E-state index is -0.866. The van der Waals surface area contributed by atoms with E-state index in [9.17, 15) is 14.7 Å². The maximum Gasteiger partial charge on any atom is 0.224 e. The molecule has 0 radical (unpaired) electrons. The fourth-order valence-electron chi connectivity index (χ4n) is 4.09. The van der Waals surface area contributed by atoms with Gasteiger partial charge in [-0.3, -0.25) is 9.59 Å². The molecule has 9 nitrogen and oxygen atoms in total. The van der Waals surface area contributed by atoms with Crippen LogP contribution in [0.25, 0.3) is 0 Å². The van der Waals surface area contributed by atoms with E-state index in [1.165, 1.54) is 0 Å². The number of aliphatic hydroxyl groups is 1. The van der Waals surface area contributed by atoms with E-state index in [0.717, 1.165) is 18.4 Å². The topological polar surface area (TPSA) is 146 Å². The van der Waals surface area contributed by atoms with Crippen LogP contribution in [0.4, 0.5) is 0 Å². The number of hydrogen-bond acceptors (Lipinski definition) is 7. The third-order valence-electron chi connectivity index (χ3n) is 7.20. The molecule has 222 valence electrons. The van der Waals surface area contributed by atoms with Crippen LogP contribution in [-0.4, -0.2) is 50.9 Å². The molecule has 6 N–H and O–H groups in total. The van der Waals surface area contributed by atoms with E-state index >= 15 is 0 Å². The lowest BCUT2D eigenvalue weighted by Crippen LogP contribution is -2.44. The number of nitrogens with two attached hydrogens (primary N) is 2. The average Bonchev–Trinajstić information content (AvgIpc) is 2.87. The molecule has 2 amide bonds. The van der Waals surface area contributed by atoms with Gasteiger partial charge >= 0.3 is 0 Å². The number of carbonyl (C=O) groups excluding carboxylic acids is 2. The molecule has 9 heteroatoms. The minimum absolute atomic E-state index is 0.0283. The van der Waals surface area contributed by atoms with Crippen LogP contribution in [-0.2, 0) is 20.7 Å². The SMILES string of the molecule is COCCCOc1cc(C[C@@H](C/C(N)=C(\O)C[C@H](C(=O)NCC(C)(C)C(N)=O)C(C)C)C(C)C)ccc1OC. The standard InChI is InChI=1S/C30H51N3O6/c1-19(2)22(14-21-10-11-26(38-8)27(15-21)39-13-9-12-37-7)16-24(31)25(34)17-23(20(3)4)28(35)33-18-30(5,6)29(32)36/h10-11,15,19-20,22-23,34H,9,12-14,16-18,31H2,1-8H3,(H2,32,36)(H,33,35)/b25-24+/t22-,23-/m0/s1. The van der Waals surface area contributed by atoms with Gasteiger partial charge in [0.1, 0.15) is 5.76 Å². The first-order chi connectivity index (χ1) is 18.2. The zero-order valence-corrected chi connectivity index (χ0v) is 25.1. The van der Waals surface area contributed by atoms with Crippen LogP contribution in [0.5, 0.6) is 11.5 Å². The molecular weight excluding hydrogens is 498 g/mol. The van der Waals surface area contributed by atoms with Gasteiger partial charge in [-0.25, -0.2) is 0 Å². The summed E-state index contributed by atoms with van der Waals surface area (Å²) in [6, 6.07) is 5.91. The first-order valence-corrected chi connectivity index (χ1v) is 13.8. The number of rotatable bonds is 18. The highest BCUT2D eigenvalue weighted by Crippen LogP contribution is 2.32. The lowest BCUT2D eigenvalue weighted by atomic mass is 9.84. The molecule has 0 aliphatic rings. The Morgan fingerprint density at radius 2 is 1.67 bits per heavy atom. The van der Waals surface area contributed by atoms with Crippen LogP contribution in [0.2, 0.25) is 0 Å². The monoisotopic (exact) mass is 549 g/mol. The molecule has 2 atom stereocenters. The van der Waals surface area contributed by atoms with E-state index in [1.54, 1.807) is 28.1 Å². The van der Waals surface area contributed by atoms with E-state index in [4.69, 9.17) is 25.7 Å². The van der Waals surface area contributed by atoms with Gasteiger partial charge in [0.15, 0.2) is 11.5 Å². The van der Waals surface area contributed by atoms with Crippen LogP contribution in [0.3, 0.4) is 0 Å². The largest absolute Gasteiger partial charge is 0.510 e. The van der Waals surface area contributed by atoms with Crippen molar-refractivity contribution < 1.29 is 28.9 Å². The van der Waals surface area contributed by atoms with Crippen molar-refractivity contribution in [1.82, 2.24) is 5.32 Å². The summed E-state index contributed by atoms with van der Waals surface area (Å²) in [5.41, 5.74) is 12.4. The number of amides is 2. The number of hydrogen-bond donors (Lipinski definition) is 4. The molecule has 0 spiro atoms. The number of ether oxygens (including phenoxy) is 3. The van der Waals surface area contributed by atoms with Gasteiger partial charge in [-0.1, -0.05) is 33.8 Å². The molecule has 0 unspecified atom stereocenters. The predicted octanol–water partition coefficient (Wildman–Crippen LogP) is 4.33. The normalized spacial score (nSPS) is 14.1. The number of methoxy groups -OCH3 is 2. The van der Waals surface area contributed by atoms with Gasteiger partial charge in [0.2, 0.25) is 11.8 Å². The Hall–Kier alpha value is -2.94. The smallest absolute Gasteiger partial charge is 0.224 e. The van der Waals surface area contributed by atoms with Crippen molar-refractivity contribution in [1.29, 1.82) is 0 Å². The molecule has 0 fully saturated rings. The summed E-state index contributed by atoms with van der Waals surface area (Å²) in [7, 11) is 3.28. The van der Waals surface area contributed by atoms with Crippen LogP contribution in [0, 0.1) is 29.1 Å². The maximum absolute atomic E-state index is 12.9. The Morgan fingerprint density at radius 1 is 1.00 bits per heavy atom. The fourth-order valence-corrected chi connectivity index (χ4v) is 4.09. The van der Waals surface area contributed by atoms with Crippen molar-refractivity contribution in [3.05, 3.63) is 35.2 Å². The van der Waals surface area contributed by atoms with Gasteiger partial charge in [0.05, 0.1) is 19.1 Å². The Bertz CT molecular complexity index is 958. The highest BCUT2D eigenvalue weighted by atomic mass is 16.5. The third kappa shape index (κ3) is 11.4. The van der Waals surface area contributed by atoms with Crippen molar-refractivity contribution in [2.45, 2.75) is 67.2 Å². The number of carbonyl (C=O) groups is 2. The Morgan fingerprint density at radius 3 is 2.21 bits per heavy atom. The number of primary amides is 1. The van der Waals surface area contributed by atoms with Crippen LogP contribution in [0.1, 0.15) is 66.4 Å². The van der Waals surface area contributed by atoms with Crippen LogP contribution < -0.4 is 26.3 Å². The number of benzene rings is 1. The first kappa shape index (κ1) is 34.1. The minimum Gasteiger partial charge on any atom is -0.510 e. The number of allylic oxidation sites excluding steroid dienone is 2. The molecule has 0 aliphatic carbocycles. The average molecular weight is 550 g/mol. The number of nitrogens with one attached hydrogen (secondary N) is 1. The molecule has 0 aliphatic heterocycles. The van der Waals surface area contributed by atoms with Crippen molar-refractivity contribution >= 4 is 11.8 Å². The van der Waals surface area contributed by atoms with E-state index in [2.05, 4.69) is 19.2 Å². The highest BCUT2D eigenvalue weighted by molar-refractivity contribution is 5.83. The molecule has 0 heterocycles. The predicted molar refractivity (Wildman–Crippen MR) is 154 cm³/mol. The van der Waals surface area contributed by atoms with Gasteiger partial charge in [0.25, 0.3) is 0 Å². The van der Waals surface area contributed by atoms with Gasteiger partial charge in [0, 0.05) is 44.7 Å². The summed E-state index contributed by atoms with van der Waals surface area (Å²) < 4.78 is 16.5. The molecule has 1 aromatic carbocycles. The van der Waals surface area contributed by atoms with Crippen molar-refractivity contribution in [2.24, 2.45) is 40.6 Å². The molecule has 0 saturated heterocycles. The summed E-state index contributed by atoms with van der Waals surface area (Å²) in [4.78, 5) is 24.5. The second kappa shape index (κ2) is 16.2. The summed E-state index contributed by atoms with van der Waals surface area (Å²) >= 11 is 0. The quantitative estimate of drug-likeness (QED) is 0.157. The van der Waals surface area contributed by atoms with Gasteiger partial charge < -0.3 is 36.1 Å². The Labute approximate surface area is 234 Å². The zero-order valence-electron chi connectivity index (χ0n) is 25.1. The fraction of sp³-hybridized carbons (Fsp3) is 0.667. The summed E-state index contributed by atoms with van der Waals surface area (Å²) in [5.74, 6) is 0.572. The Balaban J connectivity index is 2.98. The van der Waals surface area contributed by atoms with Gasteiger partial charge in [-0.05, 0) is 62.1 Å². The van der Waals surface area contributed by atoms with Crippen molar-refractivity contribution in [2.75, 3.05) is 34.0 Å². The third-order valence-corrected chi connectivity index (χ3v) is 7.20. The lowest BCUT2D eigenvalue weighted by Gasteiger charge is -2.26. The van der Waals surface area contributed by atoms with E-state index in [-0.39, 0.29) is 36.5 Å². The summed E-state index contributed by atoms with van der Waals surface area (Å²) in [5, 5.41) is 13.7. The molecule has 0 aromatic heterocycles. The van der Waals surface area contributed by atoms with E-state index < -0.39 is 17.2 Å². The summed E-state index contributed by atoms with van der Waals surface area (Å²) in [6.45, 7) is 12.7. The van der Waals surface area contributed by atoms with Crippen LogP contribution in [0.15, 0.2) is 29.7 Å². The molecule has 1 rings (SSSR count). The highest BCUT2D eigenvalue weighted by Gasteiger charge is 2.30. The summed E-state index contributed by atoms with van der Waals surface area (Å²) in [6.07, 6.45) is 2.12. The molecule has 1 aromatic rings. The van der Waals surface area contributed by atoms with E-state index in [0.29, 0.717) is 42.7 Å². The molecule has 0 bridgehead atoms. The van der Waals surface area contributed by atoms with Crippen molar-refractivity contribution in [3.8, 4) is 11.5 Å². The number of aliphatic hydroxyl groups excluding tert-OH is 1. The Kier molecular flexibility index (Phi) is 14.2. The zero-order chi connectivity index (χ0) is 29.8. The molecule has 0 saturated carbocycles. The lowest BCUT2D eigenvalue weighted by molar-refractivity contribution is -0.129. The first-order valence-electron chi connectivity index (χ1n) is 13.8. The van der Waals surface area contributed by atoms with Crippen molar-refractivity contribution in [3.63, 3.8) is 0 Å². The van der Waals surface area contributed by atoms with E-state index in [1.807, 2.05) is 32.0 Å². The molecule has 39 heavy (non-hydrogen) atoms. The van der Waals surface area contributed by atoms with Gasteiger partial charge in [-0.15, -0.1) is 0 Å². The maximum atomic E-state index is 12.9. The molecular formula is C30H51N3O6. The second-order valence-electron chi connectivity index (χ2n) is 11.6.